The van der Waals surface area contributed by atoms with Gasteiger partial charge in [0.05, 0.1) is 11.6 Å². The lowest BCUT2D eigenvalue weighted by atomic mass is 9.77. The van der Waals surface area contributed by atoms with Crippen LogP contribution in [-0.2, 0) is 11.8 Å². The van der Waals surface area contributed by atoms with E-state index in [1.165, 1.54) is 16.7 Å². The summed E-state index contributed by atoms with van der Waals surface area (Å²) in [5.41, 5.74) is 4.40. The van der Waals surface area contributed by atoms with Gasteiger partial charge in [-0.3, -0.25) is 0 Å². The molecular weight excluding hydrogens is 282 g/mol. The molecule has 3 aliphatic rings. The molecule has 3 nitrogen and oxygen atoms in total. The molecule has 5 rings (SSSR count). The summed E-state index contributed by atoms with van der Waals surface area (Å²) in [6, 6.07) is 12.6. The zero-order valence-electron chi connectivity index (χ0n) is 11.3. The van der Waals surface area contributed by atoms with Crippen molar-refractivity contribution in [3.63, 3.8) is 0 Å². The third-order valence-electron chi connectivity index (χ3n) is 4.72. The molecule has 0 saturated carbocycles. The lowest BCUT2D eigenvalue weighted by Gasteiger charge is -2.22. The summed E-state index contributed by atoms with van der Waals surface area (Å²) in [7, 11) is 0. The van der Waals surface area contributed by atoms with Gasteiger partial charge in [0.25, 0.3) is 0 Å². The third kappa shape index (κ3) is 1.31. The fourth-order valence-corrected chi connectivity index (χ4v) is 4.04. The Morgan fingerprint density at radius 2 is 1.95 bits per heavy atom. The SMILES string of the molecule is S=C1Nc2ccccc2C12COc1cc3c(cc12)CCO3. The number of fused-ring (bicyclic) bond motifs is 5. The van der Waals surface area contributed by atoms with Crippen LogP contribution < -0.4 is 14.8 Å². The molecule has 1 N–H and O–H groups in total. The summed E-state index contributed by atoms with van der Waals surface area (Å²) >= 11 is 5.68. The van der Waals surface area contributed by atoms with Crippen molar-refractivity contribution in [3.8, 4) is 11.5 Å². The van der Waals surface area contributed by atoms with Crippen molar-refractivity contribution < 1.29 is 9.47 Å². The first-order valence-corrected chi connectivity index (χ1v) is 7.54. The predicted molar refractivity (Wildman–Crippen MR) is 84.6 cm³/mol. The average molecular weight is 295 g/mol. The fourth-order valence-electron chi connectivity index (χ4n) is 3.65. The largest absolute Gasteiger partial charge is 0.493 e. The molecule has 0 saturated heterocycles. The maximum Gasteiger partial charge on any atom is 0.127 e. The van der Waals surface area contributed by atoms with Gasteiger partial charge in [0, 0.05) is 23.7 Å². The minimum atomic E-state index is -0.334. The Hall–Kier alpha value is -2.07. The Labute approximate surface area is 127 Å². The minimum Gasteiger partial charge on any atom is -0.493 e. The summed E-state index contributed by atoms with van der Waals surface area (Å²) in [5, 5.41) is 3.36. The molecule has 0 aliphatic carbocycles. The molecule has 1 atom stereocenters. The Morgan fingerprint density at radius 1 is 1.05 bits per heavy atom. The monoisotopic (exact) mass is 295 g/mol. The molecule has 0 bridgehead atoms. The summed E-state index contributed by atoms with van der Waals surface area (Å²) in [6.07, 6.45) is 0.959. The van der Waals surface area contributed by atoms with Crippen LogP contribution in [0.1, 0.15) is 16.7 Å². The van der Waals surface area contributed by atoms with E-state index in [1.54, 1.807) is 0 Å². The second-order valence-corrected chi connectivity index (χ2v) is 6.16. The second-order valence-electron chi connectivity index (χ2n) is 5.75. The number of ether oxygens (including phenoxy) is 2. The van der Waals surface area contributed by atoms with Crippen molar-refractivity contribution in [2.24, 2.45) is 0 Å². The number of hydrogen-bond donors (Lipinski definition) is 1. The second kappa shape index (κ2) is 3.77. The fraction of sp³-hybridized carbons (Fsp3) is 0.235. The van der Waals surface area contributed by atoms with Crippen LogP contribution in [0.3, 0.4) is 0 Å². The van der Waals surface area contributed by atoms with Crippen LogP contribution in [0.2, 0.25) is 0 Å². The van der Waals surface area contributed by atoms with Crippen LogP contribution in [-0.4, -0.2) is 18.2 Å². The molecule has 21 heavy (non-hydrogen) atoms. The highest BCUT2D eigenvalue weighted by Crippen LogP contribution is 2.52. The van der Waals surface area contributed by atoms with E-state index in [1.807, 2.05) is 12.1 Å². The molecule has 0 fully saturated rings. The molecular formula is C17H13NO2S. The van der Waals surface area contributed by atoms with Crippen molar-refractivity contribution in [3.05, 3.63) is 53.1 Å². The van der Waals surface area contributed by atoms with E-state index in [9.17, 15) is 0 Å². The van der Waals surface area contributed by atoms with Gasteiger partial charge in [0.2, 0.25) is 0 Å². The van der Waals surface area contributed by atoms with Crippen LogP contribution in [0.25, 0.3) is 0 Å². The highest BCUT2D eigenvalue weighted by atomic mass is 32.1. The van der Waals surface area contributed by atoms with Crippen molar-refractivity contribution in [2.75, 3.05) is 18.5 Å². The number of hydrogen-bond acceptors (Lipinski definition) is 3. The van der Waals surface area contributed by atoms with E-state index < -0.39 is 0 Å². The highest BCUT2D eigenvalue weighted by molar-refractivity contribution is 7.80. The van der Waals surface area contributed by atoms with Crippen LogP contribution in [0.5, 0.6) is 11.5 Å². The minimum absolute atomic E-state index is 0.334. The maximum absolute atomic E-state index is 5.98. The number of thiocarbonyl (C=S) groups is 1. The standard InChI is InChI=1S/C17H13NO2S/c21-16-17(11-3-1-2-4-13(11)18-16)9-20-15-8-14-10(5-6-19-14)7-12(15)17/h1-4,7-8H,5-6,9H2,(H,18,21). The van der Waals surface area contributed by atoms with E-state index in [0.717, 1.165) is 35.2 Å². The van der Waals surface area contributed by atoms with E-state index in [0.29, 0.717) is 6.61 Å². The molecule has 3 heterocycles. The van der Waals surface area contributed by atoms with Crippen LogP contribution >= 0.6 is 12.2 Å². The van der Waals surface area contributed by atoms with Gasteiger partial charge in [-0.05, 0) is 23.3 Å². The first kappa shape index (κ1) is 11.6. The lowest BCUT2D eigenvalue weighted by Crippen LogP contribution is -2.36. The summed E-state index contributed by atoms with van der Waals surface area (Å²) in [6.45, 7) is 1.32. The average Bonchev–Trinajstić information content (AvgIpc) is 3.16. The lowest BCUT2D eigenvalue weighted by molar-refractivity contribution is 0.322. The summed E-state index contributed by atoms with van der Waals surface area (Å²) in [4.78, 5) is 0.835. The summed E-state index contributed by atoms with van der Waals surface area (Å²) < 4.78 is 11.6. The van der Waals surface area contributed by atoms with Gasteiger partial charge >= 0.3 is 0 Å². The molecule has 1 spiro atoms. The Morgan fingerprint density at radius 3 is 2.90 bits per heavy atom. The predicted octanol–water partition coefficient (Wildman–Crippen LogP) is 3.05. The molecule has 4 heteroatoms. The molecule has 104 valence electrons. The maximum atomic E-state index is 5.98. The van der Waals surface area contributed by atoms with Gasteiger partial charge in [-0.15, -0.1) is 0 Å². The smallest absolute Gasteiger partial charge is 0.127 e. The zero-order valence-corrected chi connectivity index (χ0v) is 12.1. The summed E-state index contributed by atoms with van der Waals surface area (Å²) in [5.74, 6) is 1.85. The van der Waals surface area contributed by atoms with Gasteiger partial charge < -0.3 is 14.8 Å². The van der Waals surface area contributed by atoms with Crippen molar-refractivity contribution in [1.82, 2.24) is 0 Å². The number of rotatable bonds is 0. The van der Waals surface area contributed by atoms with Crippen molar-refractivity contribution in [1.29, 1.82) is 0 Å². The highest BCUT2D eigenvalue weighted by Gasteiger charge is 2.51. The third-order valence-corrected chi connectivity index (χ3v) is 5.17. The van der Waals surface area contributed by atoms with E-state index in [-0.39, 0.29) is 5.41 Å². The van der Waals surface area contributed by atoms with Crippen molar-refractivity contribution in [2.45, 2.75) is 11.8 Å². The molecule has 0 aromatic heterocycles. The van der Waals surface area contributed by atoms with Gasteiger partial charge in [-0.1, -0.05) is 30.4 Å². The van der Waals surface area contributed by atoms with Gasteiger partial charge in [0.15, 0.2) is 0 Å². The Bertz CT molecular complexity index is 801. The zero-order chi connectivity index (χ0) is 14.0. The molecule has 3 aliphatic heterocycles. The van der Waals surface area contributed by atoms with Crippen molar-refractivity contribution >= 4 is 22.9 Å². The van der Waals surface area contributed by atoms with Gasteiger partial charge in [0.1, 0.15) is 23.5 Å². The topological polar surface area (TPSA) is 30.5 Å². The van der Waals surface area contributed by atoms with E-state index in [2.05, 4.69) is 29.6 Å². The van der Waals surface area contributed by atoms with Gasteiger partial charge in [-0.25, -0.2) is 0 Å². The van der Waals surface area contributed by atoms with E-state index in [4.69, 9.17) is 21.7 Å². The molecule has 0 amide bonds. The van der Waals surface area contributed by atoms with Gasteiger partial charge in [-0.2, -0.15) is 0 Å². The molecule has 2 aromatic rings. The van der Waals surface area contributed by atoms with Crippen LogP contribution in [0.4, 0.5) is 5.69 Å². The number of para-hydroxylation sites is 1. The number of nitrogens with one attached hydrogen (secondary N) is 1. The van der Waals surface area contributed by atoms with E-state index >= 15 is 0 Å². The first-order chi connectivity index (χ1) is 10.3. The Balaban J connectivity index is 1.79. The molecule has 0 radical (unpaired) electrons. The normalized spacial score (nSPS) is 24.1. The Kier molecular flexibility index (Phi) is 2.08. The number of benzene rings is 2. The quantitative estimate of drug-likeness (QED) is 0.757. The first-order valence-electron chi connectivity index (χ1n) is 7.13. The van der Waals surface area contributed by atoms with Crippen LogP contribution in [0.15, 0.2) is 36.4 Å². The molecule has 1 unspecified atom stereocenters. The number of anilines is 1. The molecule has 2 aromatic carbocycles. The van der Waals surface area contributed by atoms with Crippen LogP contribution in [0, 0.1) is 0 Å².